The molecular weight excluding hydrogens is 348 g/mol. The van der Waals surface area contributed by atoms with Crippen molar-refractivity contribution >= 4 is 12.1 Å². The lowest BCUT2D eigenvalue weighted by atomic mass is 10.1. The van der Waals surface area contributed by atoms with Crippen molar-refractivity contribution in [2.45, 2.75) is 19.4 Å². The maximum Gasteiger partial charge on any atom is 0.414 e. The molecule has 1 amide bonds. The average Bonchev–Trinajstić information content (AvgIpc) is 3.39. The van der Waals surface area contributed by atoms with E-state index in [2.05, 4.69) is 10.6 Å². The highest BCUT2D eigenvalue weighted by atomic mass is 16.5. The molecule has 8 nitrogen and oxygen atoms in total. The molecule has 0 saturated carbocycles. The zero-order chi connectivity index (χ0) is 19.5. The smallest absolute Gasteiger partial charge is 0.414 e. The maximum atomic E-state index is 11.6. The fourth-order valence-corrected chi connectivity index (χ4v) is 2.99. The first-order valence-corrected chi connectivity index (χ1v) is 9.36. The lowest BCUT2D eigenvalue weighted by Crippen LogP contribution is -2.42. The van der Waals surface area contributed by atoms with Crippen LogP contribution in [0.4, 0.5) is 4.79 Å². The molecule has 1 aromatic rings. The third-order valence-electron chi connectivity index (χ3n) is 4.71. The molecule has 2 fully saturated rings. The summed E-state index contributed by atoms with van der Waals surface area (Å²) in [7, 11) is 0. The Morgan fingerprint density at radius 1 is 1.22 bits per heavy atom. The highest BCUT2D eigenvalue weighted by Crippen LogP contribution is 2.14. The van der Waals surface area contributed by atoms with Crippen LogP contribution in [0.3, 0.4) is 0 Å². The molecule has 0 bridgehead atoms. The van der Waals surface area contributed by atoms with Gasteiger partial charge < -0.3 is 25.2 Å². The monoisotopic (exact) mass is 378 g/mol. The Labute approximate surface area is 160 Å². The molecule has 2 heterocycles. The summed E-state index contributed by atoms with van der Waals surface area (Å²) in [6, 6.07) is 9.37. The quantitative estimate of drug-likeness (QED) is 0.390. The van der Waals surface area contributed by atoms with Gasteiger partial charge in [0.15, 0.2) is 0 Å². The van der Waals surface area contributed by atoms with Gasteiger partial charge >= 0.3 is 6.09 Å². The summed E-state index contributed by atoms with van der Waals surface area (Å²) in [5.41, 5.74) is 0.899. The summed E-state index contributed by atoms with van der Waals surface area (Å²) in [5.74, 6) is 0.747. The number of aliphatic hydroxyl groups excluding tert-OH is 2. The molecule has 0 aromatic heterocycles. The van der Waals surface area contributed by atoms with Crippen molar-refractivity contribution in [3.8, 4) is 0 Å². The minimum atomic E-state index is -0.633. The number of ether oxygens (including phenoxy) is 1. The predicted octanol–water partition coefficient (Wildman–Crippen LogP) is 0.750. The van der Waals surface area contributed by atoms with Gasteiger partial charge in [-0.3, -0.25) is 10.7 Å². The molecule has 150 valence electrons. The minimum Gasteiger partial charge on any atom is -0.444 e. The number of likely N-dealkylation sites (tertiary alicyclic amines) is 1. The molecule has 2 saturated heterocycles. The van der Waals surface area contributed by atoms with E-state index in [1.165, 1.54) is 0 Å². The molecule has 2 atom stereocenters. The summed E-state index contributed by atoms with van der Waals surface area (Å²) >= 11 is 0. The summed E-state index contributed by atoms with van der Waals surface area (Å²) in [6.07, 6.45) is 1.35. The molecule has 27 heavy (non-hydrogen) atoms. The van der Waals surface area contributed by atoms with Gasteiger partial charge in [-0.25, -0.2) is 4.79 Å². The van der Waals surface area contributed by atoms with Gasteiger partial charge in [-0.05, 0) is 30.9 Å². The van der Waals surface area contributed by atoms with E-state index in [4.69, 9.17) is 20.4 Å². The topological polar surface area (TPSA) is 118 Å². The molecule has 2 aliphatic heterocycles. The predicted molar refractivity (Wildman–Crippen MR) is 102 cm³/mol. The second-order valence-electron chi connectivity index (χ2n) is 6.86. The summed E-state index contributed by atoms with van der Waals surface area (Å²) in [6.45, 7) is 4.01. The number of alkyl carbamates (subject to hydrolysis) is 1. The second-order valence-corrected chi connectivity index (χ2v) is 6.86. The van der Waals surface area contributed by atoms with E-state index < -0.39 is 6.09 Å². The van der Waals surface area contributed by atoms with E-state index in [9.17, 15) is 4.79 Å². The van der Waals surface area contributed by atoms with Gasteiger partial charge in [0.2, 0.25) is 5.96 Å². The highest BCUT2D eigenvalue weighted by molar-refractivity contribution is 5.92. The minimum absolute atomic E-state index is 0.0269. The lowest BCUT2D eigenvalue weighted by Gasteiger charge is -2.19. The Hall–Kier alpha value is -2.16. The van der Waals surface area contributed by atoms with Crippen LogP contribution in [0, 0.1) is 17.2 Å². The van der Waals surface area contributed by atoms with Crippen LogP contribution in [0.15, 0.2) is 30.3 Å². The number of carbonyl (C=O) groups excluding carboxylic acids is 1. The maximum absolute atomic E-state index is 11.6. The Morgan fingerprint density at radius 2 is 1.96 bits per heavy atom. The normalized spacial score (nSPS) is 21.3. The first-order valence-electron chi connectivity index (χ1n) is 9.36. The van der Waals surface area contributed by atoms with E-state index >= 15 is 0 Å². The lowest BCUT2D eigenvalue weighted by molar-refractivity contribution is 0.144. The first-order chi connectivity index (χ1) is 13.1. The van der Waals surface area contributed by atoms with Gasteiger partial charge in [0.05, 0.1) is 0 Å². The van der Waals surface area contributed by atoms with Crippen LogP contribution in [0.2, 0.25) is 0 Å². The third kappa shape index (κ3) is 7.54. The largest absolute Gasteiger partial charge is 0.444 e. The van der Waals surface area contributed by atoms with Crippen LogP contribution in [0.5, 0.6) is 0 Å². The van der Waals surface area contributed by atoms with Crippen molar-refractivity contribution in [3.05, 3.63) is 35.9 Å². The van der Waals surface area contributed by atoms with Crippen LogP contribution in [0.1, 0.15) is 18.4 Å². The molecule has 2 unspecified atom stereocenters. The number of rotatable bonds is 4. The third-order valence-corrected chi connectivity index (χ3v) is 4.71. The number of benzene rings is 1. The SMILES string of the molecule is N=C(NC(=O)OCc1ccccc1)N1CCC(CO)C1.OCC1CCNC1. The molecule has 5 N–H and O–H groups in total. The van der Waals surface area contributed by atoms with Gasteiger partial charge in [0, 0.05) is 38.8 Å². The number of hydrogen-bond donors (Lipinski definition) is 5. The summed E-state index contributed by atoms with van der Waals surface area (Å²) < 4.78 is 5.04. The number of amides is 1. The van der Waals surface area contributed by atoms with Gasteiger partial charge in [-0.2, -0.15) is 0 Å². The number of aliphatic hydroxyl groups is 2. The Morgan fingerprint density at radius 3 is 2.52 bits per heavy atom. The van der Waals surface area contributed by atoms with E-state index in [1.807, 2.05) is 30.3 Å². The fourth-order valence-electron chi connectivity index (χ4n) is 2.99. The molecule has 1 aromatic carbocycles. The molecule has 8 heteroatoms. The summed E-state index contributed by atoms with van der Waals surface area (Å²) in [4.78, 5) is 13.3. The van der Waals surface area contributed by atoms with Crippen LogP contribution >= 0.6 is 0 Å². The van der Waals surface area contributed by atoms with Gasteiger partial charge in [0.1, 0.15) is 6.61 Å². The Kier molecular flexibility index (Phi) is 9.03. The number of nitrogens with zero attached hydrogens (tertiary/aromatic N) is 1. The van der Waals surface area contributed by atoms with E-state index in [0.29, 0.717) is 25.6 Å². The van der Waals surface area contributed by atoms with Gasteiger partial charge in [0.25, 0.3) is 0 Å². The van der Waals surface area contributed by atoms with Crippen molar-refractivity contribution in [1.82, 2.24) is 15.5 Å². The van der Waals surface area contributed by atoms with E-state index in [1.54, 1.807) is 4.90 Å². The van der Waals surface area contributed by atoms with Crippen molar-refractivity contribution in [1.29, 1.82) is 5.41 Å². The number of nitrogens with one attached hydrogen (secondary N) is 3. The zero-order valence-corrected chi connectivity index (χ0v) is 15.6. The second kappa shape index (κ2) is 11.5. The van der Waals surface area contributed by atoms with Crippen LogP contribution in [0.25, 0.3) is 0 Å². The Balaban J connectivity index is 0.000000313. The fraction of sp³-hybridized carbons (Fsp3) is 0.579. The Bertz CT molecular complexity index is 578. The molecule has 3 rings (SSSR count). The number of guanidine groups is 1. The van der Waals surface area contributed by atoms with Crippen LogP contribution in [-0.4, -0.2) is 66.6 Å². The van der Waals surface area contributed by atoms with Crippen LogP contribution in [-0.2, 0) is 11.3 Å². The zero-order valence-electron chi connectivity index (χ0n) is 15.6. The van der Waals surface area contributed by atoms with Crippen molar-refractivity contribution < 1.29 is 19.7 Å². The molecule has 0 radical (unpaired) electrons. The average molecular weight is 378 g/mol. The van der Waals surface area contributed by atoms with Crippen molar-refractivity contribution in [2.24, 2.45) is 11.8 Å². The molecular formula is C19H30N4O4. The standard InChI is InChI=1S/C14H19N3O3.C5H11NO/c15-13(17-7-6-12(8-17)9-18)16-14(19)20-10-11-4-2-1-3-5-11;7-4-5-1-2-6-3-5/h1-5,12,18H,6-10H2,(H2,15,16,19);5-7H,1-4H2. The molecule has 2 aliphatic rings. The first kappa shape index (κ1) is 21.1. The molecule has 0 aliphatic carbocycles. The van der Waals surface area contributed by atoms with Crippen molar-refractivity contribution in [3.63, 3.8) is 0 Å². The van der Waals surface area contributed by atoms with Crippen LogP contribution < -0.4 is 10.6 Å². The van der Waals surface area contributed by atoms with Gasteiger partial charge in [-0.1, -0.05) is 30.3 Å². The van der Waals surface area contributed by atoms with Crippen molar-refractivity contribution in [2.75, 3.05) is 39.4 Å². The number of hydrogen-bond acceptors (Lipinski definition) is 6. The highest BCUT2D eigenvalue weighted by Gasteiger charge is 2.24. The molecule has 0 spiro atoms. The summed E-state index contributed by atoms with van der Waals surface area (Å²) in [5, 5.41) is 30.9. The number of carbonyl (C=O) groups is 1. The van der Waals surface area contributed by atoms with Gasteiger partial charge in [-0.15, -0.1) is 0 Å². The van der Waals surface area contributed by atoms with E-state index in [0.717, 1.165) is 31.5 Å². The van der Waals surface area contributed by atoms with E-state index in [-0.39, 0.29) is 25.1 Å².